The molecule has 8 rings (SSSR count). The standard InChI is InChI=1S/C29H30ClFN2O5.C29H31FN2O5/c1-29(27(34)35,38-26-6-4-3-5-25(26)31)17-20-9-13-24(14-10-20)37-16-15-23-19-33(28(36)32(23)2)18-21-7-11-22(30)12-8-21;1-29(27(33)34,37-26-11-7-6-10-25(26)30)18-21-12-14-24(15-13-21)36-17-16-23-20-32(28(35)31(23)2)19-22-8-4-3-5-9-22/h3-14,23H,15-19H2,1-2H3,(H,34,35);3-15,23H,16-20H2,1-2H3,(H,33,34). The second-order valence-electron chi connectivity index (χ2n) is 19.0. The Morgan fingerprint density at radius 3 is 1.29 bits per heavy atom. The number of benzene rings is 6. The summed E-state index contributed by atoms with van der Waals surface area (Å²) in [5, 5.41) is 20.2. The van der Waals surface area contributed by atoms with Gasteiger partial charge in [-0.3, -0.25) is 0 Å². The number of hydrogen-bond acceptors (Lipinski definition) is 8. The van der Waals surface area contributed by atoms with Crippen LogP contribution in [0.4, 0.5) is 18.4 Å². The molecule has 0 saturated carbocycles. The predicted molar refractivity (Wildman–Crippen MR) is 279 cm³/mol. The molecule has 14 nitrogen and oxygen atoms in total. The molecular weight excluding hydrogens is 986 g/mol. The van der Waals surface area contributed by atoms with Crippen LogP contribution in [0.3, 0.4) is 0 Å². The number of rotatable bonds is 22. The zero-order valence-corrected chi connectivity index (χ0v) is 43.0. The van der Waals surface area contributed by atoms with Crippen LogP contribution in [-0.2, 0) is 35.5 Å². The second kappa shape index (κ2) is 24.9. The van der Waals surface area contributed by atoms with Crippen molar-refractivity contribution in [2.45, 2.75) is 75.9 Å². The van der Waals surface area contributed by atoms with E-state index in [4.69, 9.17) is 30.5 Å². The fourth-order valence-electron chi connectivity index (χ4n) is 8.78. The summed E-state index contributed by atoms with van der Waals surface area (Å²) in [5.74, 6) is -2.56. The summed E-state index contributed by atoms with van der Waals surface area (Å²) >= 11 is 5.95. The van der Waals surface area contributed by atoms with Crippen molar-refractivity contribution in [3.8, 4) is 23.0 Å². The summed E-state index contributed by atoms with van der Waals surface area (Å²) in [7, 11) is 3.61. The van der Waals surface area contributed by atoms with Crippen LogP contribution in [0, 0.1) is 11.6 Å². The van der Waals surface area contributed by atoms with Gasteiger partial charge in [0.05, 0.1) is 25.3 Å². The summed E-state index contributed by atoms with van der Waals surface area (Å²) in [4.78, 5) is 56.4. The number of ether oxygens (including phenoxy) is 4. The van der Waals surface area contributed by atoms with Gasteiger partial charge in [-0.25, -0.2) is 28.0 Å². The highest BCUT2D eigenvalue weighted by atomic mass is 35.5. The number of hydrogen-bond donors (Lipinski definition) is 2. The third kappa shape index (κ3) is 14.7. The number of likely N-dealkylation sites (N-methyl/N-ethyl adjacent to an activating group) is 2. The third-order valence-electron chi connectivity index (χ3n) is 13.2. The first kappa shape index (κ1) is 54.9. The Morgan fingerprint density at radius 2 is 0.907 bits per heavy atom. The van der Waals surface area contributed by atoms with E-state index >= 15 is 0 Å². The van der Waals surface area contributed by atoms with Crippen molar-refractivity contribution >= 4 is 35.6 Å². The minimum Gasteiger partial charge on any atom is -0.494 e. The number of amides is 4. The molecule has 0 aliphatic carbocycles. The van der Waals surface area contributed by atoms with Crippen molar-refractivity contribution in [1.29, 1.82) is 0 Å². The Labute approximate surface area is 440 Å². The van der Waals surface area contributed by atoms with Gasteiger partial charge in [-0.15, -0.1) is 0 Å². The number of carboxylic acid groups (broad SMARTS) is 2. The molecule has 0 bridgehead atoms. The van der Waals surface area contributed by atoms with Gasteiger partial charge in [-0.2, -0.15) is 0 Å². The van der Waals surface area contributed by atoms with Gasteiger partial charge in [-0.05, 0) is 96.8 Å². The zero-order valence-electron chi connectivity index (χ0n) is 42.2. The van der Waals surface area contributed by atoms with Crippen LogP contribution in [0.1, 0.15) is 48.9 Å². The summed E-state index contributed by atoms with van der Waals surface area (Å²) in [5.41, 5.74) is 0.243. The number of nitrogens with zero attached hydrogens (tertiary/aromatic N) is 4. The Kier molecular flexibility index (Phi) is 18.2. The first-order valence-corrected chi connectivity index (χ1v) is 24.9. The number of carboxylic acids is 2. The van der Waals surface area contributed by atoms with E-state index < -0.39 is 34.8 Å². The van der Waals surface area contributed by atoms with E-state index in [9.17, 15) is 38.2 Å². The fraction of sp³-hybridized carbons (Fsp3) is 0.310. The molecule has 394 valence electrons. The average molecular weight is 1050 g/mol. The first-order chi connectivity index (χ1) is 35.9. The molecule has 0 aromatic heterocycles. The van der Waals surface area contributed by atoms with Crippen molar-refractivity contribution < 1.29 is 57.1 Å². The van der Waals surface area contributed by atoms with E-state index in [1.54, 1.807) is 77.5 Å². The van der Waals surface area contributed by atoms with Crippen molar-refractivity contribution in [3.63, 3.8) is 0 Å². The van der Waals surface area contributed by atoms with E-state index in [1.165, 1.54) is 50.2 Å². The van der Waals surface area contributed by atoms with E-state index in [1.807, 2.05) is 71.4 Å². The van der Waals surface area contributed by atoms with Crippen LogP contribution in [-0.4, -0.2) is 117 Å². The highest BCUT2D eigenvalue weighted by molar-refractivity contribution is 6.30. The molecule has 6 aromatic carbocycles. The number of urea groups is 2. The molecule has 2 aliphatic rings. The molecule has 2 heterocycles. The Hall–Kier alpha value is -7.85. The second-order valence-corrected chi connectivity index (χ2v) is 19.5. The smallest absolute Gasteiger partial charge is 0.348 e. The van der Waals surface area contributed by atoms with Crippen molar-refractivity contribution in [2.24, 2.45) is 0 Å². The van der Waals surface area contributed by atoms with Crippen molar-refractivity contribution in [1.82, 2.24) is 19.6 Å². The maximum atomic E-state index is 14.0. The van der Waals surface area contributed by atoms with Gasteiger partial charge >= 0.3 is 24.0 Å². The average Bonchev–Trinajstić information content (AvgIpc) is 3.81. The van der Waals surface area contributed by atoms with E-state index in [2.05, 4.69) is 0 Å². The molecule has 2 aliphatic heterocycles. The molecule has 4 amide bonds. The largest absolute Gasteiger partial charge is 0.494 e. The van der Waals surface area contributed by atoms with Gasteiger partial charge in [0.1, 0.15) is 11.5 Å². The first-order valence-electron chi connectivity index (χ1n) is 24.5. The minimum absolute atomic E-state index is 0.0114. The van der Waals surface area contributed by atoms with Gasteiger partial charge in [0, 0.05) is 71.0 Å². The zero-order chi connectivity index (χ0) is 53.7. The van der Waals surface area contributed by atoms with E-state index in [-0.39, 0.29) is 48.5 Å². The lowest BCUT2D eigenvalue weighted by molar-refractivity contribution is -0.154. The Bertz CT molecular complexity index is 2880. The number of para-hydroxylation sites is 2. The fourth-order valence-corrected chi connectivity index (χ4v) is 8.91. The Morgan fingerprint density at radius 1 is 0.547 bits per heavy atom. The number of halogens is 3. The van der Waals surface area contributed by atoms with Crippen LogP contribution < -0.4 is 18.9 Å². The van der Waals surface area contributed by atoms with E-state index in [0.717, 1.165) is 11.1 Å². The lowest BCUT2D eigenvalue weighted by Crippen LogP contribution is -2.43. The van der Waals surface area contributed by atoms with Crippen molar-refractivity contribution in [2.75, 3.05) is 40.4 Å². The SMILES string of the molecule is CN1C(=O)N(Cc2ccc(Cl)cc2)CC1CCOc1ccc(CC(C)(Oc2ccccc2F)C(=O)O)cc1.CN1C(=O)N(Cc2ccccc2)CC1CCOc1ccc(CC(C)(Oc2ccccc2F)C(=O)O)cc1. The molecule has 2 N–H and O–H groups in total. The lowest BCUT2D eigenvalue weighted by atomic mass is 9.96. The summed E-state index contributed by atoms with van der Waals surface area (Å²) in [6.07, 6.45) is 1.43. The predicted octanol–water partition coefficient (Wildman–Crippen LogP) is 10.6. The van der Waals surface area contributed by atoms with Crippen LogP contribution in [0.15, 0.2) is 152 Å². The lowest BCUT2D eigenvalue weighted by Gasteiger charge is -2.26. The minimum atomic E-state index is -1.65. The molecule has 2 fully saturated rings. The van der Waals surface area contributed by atoms with Crippen LogP contribution >= 0.6 is 11.6 Å². The molecule has 4 atom stereocenters. The molecular formula is C58H61ClF2N4O10. The quantitative estimate of drug-likeness (QED) is 0.0670. The summed E-state index contributed by atoms with van der Waals surface area (Å²) in [6, 6.07) is 43.1. The maximum absolute atomic E-state index is 14.0. The van der Waals surface area contributed by atoms with Gasteiger partial charge in [-0.1, -0.05) is 103 Å². The molecule has 0 radical (unpaired) electrons. The molecule has 4 unspecified atom stereocenters. The molecule has 75 heavy (non-hydrogen) atoms. The molecule has 17 heteroatoms. The number of aliphatic carboxylic acids is 2. The Balaban J connectivity index is 0.000000219. The van der Waals surface area contributed by atoms with Crippen LogP contribution in [0.2, 0.25) is 5.02 Å². The topological polar surface area (TPSA) is 159 Å². The van der Waals surface area contributed by atoms with Gasteiger partial charge in [0.15, 0.2) is 23.1 Å². The highest BCUT2D eigenvalue weighted by Gasteiger charge is 2.39. The van der Waals surface area contributed by atoms with Crippen molar-refractivity contribution in [3.05, 3.63) is 191 Å². The van der Waals surface area contributed by atoms with E-state index in [0.29, 0.717) is 79.9 Å². The normalized spacial score (nSPS) is 16.9. The maximum Gasteiger partial charge on any atom is 0.348 e. The molecule has 6 aromatic rings. The van der Waals surface area contributed by atoms with Gasteiger partial charge in [0.2, 0.25) is 11.2 Å². The third-order valence-corrected chi connectivity index (χ3v) is 13.5. The number of carbonyl (C=O) groups excluding carboxylic acids is 2. The van der Waals surface area contributed by atoms with Crippen LogP contribution in [0.25, 0.3) is 0 Å². The van der Waals surface area contributed by atoms with Gasteiger partial charge < -0.3 is 48.8 Å². The molecule has 2 saturated heterocycles. The molecule has 0 spiro atoms. The van der Waals surface area contributed by atoms with Crippen LogP contribution in [0.5, 0.6) is 23.0 Å². The summed E-state index contributed by atoms with van der Waals surface area (Å²) in [6.45, 7) is 6.05. The highest BCUT2D eigenvalue weighted by Crippen LogP contribution is 2.29. The van der Waals surface area contributed by atoms with Gasteiger partial charge in [0.25, 0.3) is 0 Å². The number of carbonyl (C=O) groups is 4. The summed E-state index contributed by atoms with van der Waals surface area (Å²) < 4.78 is 51.0. The monoisotopic (exact) mass is 1050 g/mol.